The van der Waals surface area contributed by atoms with Gasteiger partial charge in [-0.2, -0.15) is 10.1 Å². The lowest BCUT2D eigenvalue weighted by molar-refractivity contribution is 0.775. The molecule has 78 valence electrons. The first-order chi connectivity index (χ1) is 7.16. The van der Waals surface area contributed by atoms with Crippen molar-refractivity contribution in [2.24, 2.45) is 7.05 Å². The van der Waals surface area contributed by atoms with Gasteiger partial charge in [-0.25, -0.2) is 4.98 Å². The second kappa shape index (κ2) is 3.56. The molecule has 2 heterocycles. The summed E-state index contributed by atoms with van der Waals surface area (Å²) < 4.78 is 1.69. The van der Waals surface area contributed by atoms with E-state index in [0.29, 0.717) is 11.8 Å². The molecule has 2 aromatic rings. The summed E-state index contributed by atoms with van der Waals surface area (Å²) in [5.74, 6) is 1.77. The molecular formula is C9H12N6. The van der Waals surface area contributed by atoms with Gasteiger partial charge >= 0.3 is 0 Å². The second-order valence-electron chi connectivity index (χ2n) is 3.23. The van der Waals surface area contributed by atoms with Crippen LogP contribution in [0.1, 0.15) is 5.56 Å². The Labute approximate surface area is 87.2 Å². The van der Waals surface area contributed by atoms with Crippen molar-refractivity contribution in [3.63, 3.8) is 0 Å². The van der Waals surface area contributed by atoms with E-state index in [9.17, 15) is 0 Å². The predicted molar refractivity (Wildman–Crippen MR) is 57.7 cm³/mol. The van der Waals surface area contributed by atoms with Crippen molar-refractivity contribution in [3.8, 4) is 0 Å². The standard InChI is InChI=1S/C9H12N6/c1-6-5-11-9(14-8(6)10)13-7-3-4-12-15(7)2/h3-5H,1-2H3,(H3,10,11,13,14). The monoisotopic (exact) mass is 204 g/mol. The number of anilines is 3. The van der Waals surface area contributed by atoms with Gasteiger partial charge in [-0.05, 0) is 6.92 Å². The van der Waals surface area contributed by atoms with Crippen LogP contribution in [0.15, 0.2) is 18.5 Å². The van der Waals surface area contributed by atoms with Crippen LogP contribution in [0.25, 0.3) is 0 Å². The molecule has 0 unspecified atom stereocenters. The van der Waals surface area contributed by atoms with Crippen LogP contribution in [-0.2, 0) is 7.05 Å². The van der Waals surface area contributed by atoms with Gasteiger partial charge in [0.25, 0.3) is 0 Å². The van der Waals surface area contributed by atoms with Gasteiger partial charge in [0, 0.05) is 24.9 Å². The summed E-state index contributed by atoms with van der Waals surface area (Å²) in [6.45, 7) is 1.86. The fourth-order valence-electron chi connectivity index (χ4n) is 1.13. The van der Waals surface area contributed by atoms with E-state index < -0.39 is 0 Å². The number of nitrogens with zero attached hydrogens (tertiary/aromatic N) is 4. The predicted octanol–water partition coefficient (Wildman–Crippen LogP) is 0.844. The summed E-state index contributed by atoms with van der Waals surface area (Å²) in [4.78, 5) is 8.21. The van der Waals surface area contributed by atoms with Crippen LogP contribution < -0.4 is 11.1 Å². The lowest BCUT2D eigenvalue weighted by Gasteiger charge is -2.05. The minimum absolute atomic E-state index is 0.474. The molecular weight excluding hydrogens is 192 g/mol. The summed E-state index contributed by atoms with van der Waals surface area (Å²) in [6.07, 6.45) is 3.38. The summed E-state index contributed by atoms with van der Waals surface area (Å²) in [7, 11) is 1.83. The van der Waals surface area contributed by atoms with Crippen molar-refractivity contribution in [2.75, 3.05) is 11.1 Å². The molecule has 0 saturated carbocycles. The highest BCUT2D eigenvalue weighted by molar-refractivity contribution is 5.50. The van der Waals surface area contributed by atoms with Gasteiger partial charge in [0.05, 0.1) is 6.20 Å². The van der Waals surface area contributed by atoms with Gasteiger partial charge in [0.2, 0.25) is 5.95 Å². The third kappa shape index (κ3) is 1.88. The van der Waals surface area contributed by atoms with Crippen LogP contribution in [-0.4, -0.2) is 19.7 Å². The van der Waals surface area contributed by atoms with Crippen molar-refractivity contribution >= 4 is 17.6 Å². The Bertz CT molecular complexity index is 475. The first-order valence-electron chi connectivity index (χ1n) is 4.51. The van der Waals surface area contributed by atoms with E-state index in [0.717, 1.165) is 11.4 Å². The molecule has 0 aliphatic rings. The Hall–Kier alpha value is -2.11. The normalized spacial score (nSPS) is 10.3. The molecule has 3 N–H and O–H groups in total. The first kappa shape index (κ1) is 9.45. The molecule has 2 rings (SSSR count). The summed E-state index contributed by atoms with van der Waals surface area (Å²) in [5.41, 5.74) is 6.54. The van der Waals surface area contributed by atoms with Gasteiger partial charge in [0.1, 0.15) is 11.6 Å². The quantitative estimate of drug-likeness (QED) is 0.757. The SMILES string of the molecule is Cc1cnc(Nc2ccnn2C)nc1N. The van der Waals surface area contributed by atoms with E-state index in [-0.39, 0.29) is 0 Å². The van der Waals surface area contributed by atoms with Crippen LogP contribution in [0.2, 0.25) is 0 Å². The summed E-state index contributed by atoms with van der Waals surface area (Å²) in [6, 6.07) is 1.83. The average molecular weight is 204 g/mol. The van der Waals surface area contributed by atoms with Crippen LogP contribution in [0.5, 0.6) is 0 Å². The summed E-state index contributed by atoms with van der Waals surface area (Å²) >= 11 is 0. The fourth-order valence-corrected chi connectivity index (χ4v) is 1.13. The molecule has 6 heteroatoms. The molecule has 0 aromatic carbocycles. The highest BCUT2D eigenvalue weighted by Crippen LogP contribution is 2.13. The molecule has 0 aliphatic heterocycles. The number of nitrogens with two attached hydrogens (primary N) is 1. The van der Waals surface area contributed by atoms with E-state index in [2.05, 4.69) is 20.4 Å². The number of nitrogens with one attached hydrogen (secondary N) is 1. The van der Waals surface area contributed by atoms with Crippen molar-refractivity contribution in [1.82, 2.24) is 19.7 Å². The number of aromatic nitrogens is 4. The Morgan fingerprint density at radius 1 is 1.47 bits per heavy atom. The van der Waals surface area contributed by atoms with Gasteiger partial charge in [-0.15, -0.1) is 0 Å². The average Bonchev–Trinajstić information content (AvgIpc) is 2.59. The zero-order valence-corrected chi connectivity index (χ0v) is 8.60. The maximum absolute atomic E-state index is 5.67. The highest BCUT2D eigenvalue weighted by Gasteiger charge is 2.03. The molecule has 0 aliphatic carbocycles. The van der Waals surface area contributed by atoms with Gasteiger partial charge < -0.3 is 11.1 Å². The smallest absolute Gasteiger partial charge is 0.230 e. The van der Waals surface area contributed by atoms with E-state index in [4.69, 9.17) is 5.73 Å². The molecule has 0 radical (unpaired) electrons. The Morgan fingerprint density at radius 2 is 2.27 bits per heavy atom. The van der Waals surface area contributed by atoms with E-state index in [1.54, 1.807) is 17.1 Å². The minimum atomic E-state index is 0.474. The van der Waals surface area contributed by atoms with E-state index >= 15 is 0 Å². The molecule has 0 amide bonds. The molecule has 0 spiro atoms. The zero-order valence-electron chi connectivity index (χ0n) is 8.60. The third-order valence-corrected chi connectivity index (χ3v) is 2.07. The van der Waals surface area contributed by atoms with Gasteiger partial charge in [-0.1, -0.05) is 0 Å². The van der Waals surface area contributed by atoms with Crippen molar-refractivity contribution in [1.29, 1.82) is 0 Å². The minimum Gasteiger partial charge on any atom is -0.383 e. The lowest BCUT2D eigenvalue weighted by atomic mass is 10.3. The Morgan fingerprint density at radius 3 is 2.87 bits per heavy atom. The molecule has 0 fully saturated rings. The van der Waals surface area contributed by atoms with E-state index in [1.807, 2.05) is 20.0 Å². The molecule has 0 atom stereocenters. The third-order valence-electron chi connectivity index (χ3n) is 2.07. The number of hydrogen-bond donors (Lipinski definition) is 2. The largest absolute Gasteiger partial charge is 0.383 e. The zero-order chi connectivity index (χ0) is 10.8. The van der Waals surface area contributed by atoms with E-state index in [1.165, 1.54) is 0 Å². The molecule has 0 saturated heterocycles. The second-order valence-corrected chi connectivity index (χ2v) is 3.23. The topological polar surface area (TPSA) is 81.7 Å². The number of aryl methyl sites for hydroxylation is 2. The number of hydrogen-bond acceptors (Lipinski definition) is 5. The number of rotatable bonds is 2. The maximum atomic E-state index is 5.67. The van der Waals surface area contributed by atoms with Crippen molar-refractivity contribution < 1.29 is 0 Å². The van der Waals surface area contributed by atoms with Crippen LogP contribution >= 0.6 is 0 Å². The van der Waals surface area contributed by atoms with Crippen molar-refractivity contribution in [3.05, 3.63) is 24.0 Å². The Kier molecular flexibility index (Phi) is 2.24. The first-order valence-corrected chi connectivity index (χ1v) is 4.51. The van der Waals surface area contributed by atoms with Gasteiger partial charge in [-0.3, -0.25) is 4.68 Å². The summed E-state index contributed by atoms with van der Waals surface area (Å²) in [5, 5.41) is 7.04. The van der Waals surface area contributed by atoms with Gasteiger partial charge in [0.15, 0.2) is 0 Å². The molecule has 15 heavy (non-hydrogen) atoms. The number of nitrogen functional groups attached to an aromatic ring is 1. The maximum Gasteiger partial charge on any atom is 0.230 e. The molecule has 0 bridgehead atoms. The van der Waals surface area contributed by atoms with Crippen LogP contribution in [0, 0.1) is 6.92 Å². The molecule has 2 aromatic heterocycles. The Balaban J connectivity index is 2.25. The van der Waals surface area contributed by atoms with Crippen LogP contribution in [0.3, 0.4) is 0 Å². The highest BCUT2D eigenvalue weighted by atomic mass is 15.3. The lowest BCUT2D eigenvalue weighted by Crippen LogP contribution is -2.04. The van der Waals surface area contributed by atoms with Crippen LogP contribution in [0.4, 0.5) is 17.6 Å². The molecule has 6 nitrogen and oxygen atoms in total. The fraction of sp³-hybridized carbons (Fsp3) is 0.222. The van der Waals surface area contributed by atoms with Crippen molar-refractivity contribution in [2.45, 2.75) is 6.92 Å².